The second-order valence-corrected chi connectivity index (χ2v) is 7.53. The molecule has 0 bridgehead atoms. The minimum atomic E-state index is -0.0819. The van der Waals surface area contributed by atoms with Gasteiger partial charge in [-0.05, 0) is 57.4 Å². The molecule has 1 heterocycles. The predicted octanol–water partition coefficient (Wildman–Crippen LogP) is 3.91. The van der Waals surface area contributed by atoms with E-state index in [-0.39, 0.29) is 5.91 Å². The third kappa shape index (κ3) is 4.43. The summed E-state index contributed by atoms with van der Waals surface area (Å²) in [6, 6.07) is 13.0. The highest BCUT2D eigenvalue weighted by molar-refractivity contribution is 7.22. The molecule has 1 amide bonds. The molecule has 6 nitrogen and oxygen atoms in total. The van der Waals surface area contributed by atoms with Gasteiger partial charge >= 0.3 is 0 Å². The summed E-state index contributed by atoms with van der Waals surface area (Å²) < 4.78 is 11.9. The summed E-state index contributed by atoms with van der Waals surface area (Å²) in [6.45, 7) is 3.79. The zero-order valence-electron chi connectivity index (χ0n) is 16.6. The number of methoxy groups -OCH3 is 1. The summed E-state index contributed by atoms with van der Waals surface area (Å²) in [5.74, 6) is 1.38. The fraction of sp³-hybridized carbons (Fsp3) is 0.333. The van der Waals surface area contributed by atoms with Gasteiger partial charge in [-0.2, -0.15) is 0 Å². The molecule has 0 saturated heterocycles. The van der Waals surface area contributed by atoms with E-state index in [0.29, 0.717) is 23.8 Å². The molecule has 28 heavy (non-hydrogen) atoms. The van der Waals surface area contributed by atoms with Crippen molar-refractivity contribution in [3.05, 3.63) is 48.0 Å². The number of ether oxygens (including phenoxy) is 2. The number of rotatable bonds is 8. The number of carbonyl (C=O) groups is 1. The van der Waals surface area contributed by atoms with Crippen LogP contribution in [0.25, 0.3) is 10.2 Å². The minimum absolute atomic E-state index is 0.0819. The zero-order chi connectivity index (χ0) is 20.1. The van der Waals surface area contributed by atoms with E-state index in [1.54, 1.807) is 36.3 Å². The van der Waals surface area contributed by atoms with E-state index in [2.05, 4.69) is 0 Å². The van der Waals surface area contributed by atoms with Crippen LogP contribution in [0.1, 0.15) is 17.3 Å². The third-order valence-corrected chi connectivity index (χ3v) is 5.30. The first-order valence-electron chi connectivity index (χ1n) is 9.16. The van der Waals surface area contributed by atoms with Crippen molar-refractivity contribution >= 4 is 32.6 Å². The lowest BCUT2D eigenvalue weighted by Gasteiger charge is -2.22. The topological polar surface area (TPSA) is 54.9 Å². The maximum Gasteiger partial charge on any atom is 0.260 e. The summed E-state index contributed by atoms with van der Waals surface area (Å²) in [4.78, 5) is 21.8. The Kier molecular flexibility index (Phi) is 6.49. The van der Waals surface area contributed by atoms with Crippen LogP contribution in [0.4, 0.5) is 5.13 Å². The van der Waals surface area contributed by atoms with Gasteiger partial charge in [0.2, 0.25) is 0 Å². The molecule has 0 spiro atoms. The second-order valence-electron chi connectivity index (χ2n) is 6.52. The minimum Gasteiger partial charge on any atom is -0.497 e. The smallest absolute Gasteiger partial charge is 0.260 e. The van der Waals surface area contributed by atoms with Crippen LogP contribution >= 0.6 is 11.3 Å². The Balaban J connectivity index is 1.98. The lowest BCUT2D eigenvalue weighted by Crippen LogP contribution is -2.36. The standard InChI is InChI=1S/C21H25N3O3S/c1-5-27-17-7-6-8-18-19(17)22-21(28-18)24(14-13-23(2)3)20(25)15-9-11-16(26-4)12-10-15/h6-12H,5,13-14H2,1-4H3. The van der Waals surface area contributed by atoms with Gasteiger partial charge in [0.25, 0.3) is 5.91 Å². The van der Waals surface area contributed by atoms with Crippen LogP contribution in [0.15, 0.2) is 42.5 Å². The average Bonchev–Trinajstić information content (AvgIpc) is 3.13. The molecule has 0 saturated carbocycles. The summed E-state index contributed by atoms with van der Waals surface area (Å²) in [7, 11) is 5.58. The van der Waals surface area contributed by atoms with E-state index in [1.807, 2.05) is 44.1 Å². The zero-order valence-corrected chi connectivity index (χ0v) is 17.5. The highest BCUT2D eigenvalue weighted by atomic mass is 32.1. The van der Waals surface area contributed by atoms with Crippen molar-refractivity contribution in [2.75, 3.05) is 45.8 Å². The first-order valence-corrected chi connectivity index (χ1v) is 9.98. The molecular weight excluding hydrogens is 374 g/mol. The number of thiazole rings is 1. The summed E-state index contributed by atoms with van der Waals surface area (Å²) in [5, 5.41) is 0.671. The van der Waals surface area contributed by atoms with Crippen LogP contribution in [0.3, 0.4) is 0 Å². The van der Waals surface area contributed by atoms with Crippen LogP contribution in [0.5, 0.6) is 11.5 Å². The van der Waals surface area contributed by atoms with Gasteiger partial charge in [0.05, 0.1) is 18.4 Å². The van der Waals surface area contributed by atoms with E-state index in [4.69, 9.17) is 14.5 Å². The Morgan fingerprint density at radius 3 is 2.50 bits per heavy atom. The van der Waals surface area contributed by atoms with E-state index in [0.717, 1.165) is 28.3 Å². The van der Waals surface area contributed by atoms with Crippen molar-refractivity contribution in [1.29, 1.82) is 0 Å². The van der Waals surface area contributed by atoms with E-state index in [1.165, 1.54) is 11.3 Å². The lowest BCUT2D eigenvalue weighted by molar-refractivity contribution is 0.0985. The van der Waals surface area contributed by atoms with Crippen LogP contribution in [-0.4, -0.2) is 56.7 Å². The molecule has 0 aliphatic rings. The van der Waals surface area contributed by atoms with Gasteiger partial charge < -0.3 is 14.4 Å². The van der Waals surface area contributed by atoms with E-state index < -0.39 is 0 Å². The highest BCUT2D eigenvalue weighted by Crippen LogP contribution is 2.34. The number of hydrogen-bond acceptors (Lipinski definition) is 6. The molecule has 0 aliphatic carbocycles. The Bertz CT molecular complexity index is 938. The summed E-state index contributed by atoms with van der Waals surface area (Å²) in [6.07, 6.45) is 0. The molecule has 0 unspecified atom stereocenters. The number of carbonyl (C=O) groups excluding carboxylic acids is 1. The Morgan fingerprint density at radius 1 is 1.11 bits per heavy atom. The molecule has 3 rings (SSSR count). The molecule has 0 atom stereocenters. The van der Waals surface area contributed by atoms with Gasteiger partial charge in [-0.3, -0.25) is 9.69 Å². The van der Waals surface area contributed by atoms with Crippen molar-refractivity contribution < 1.29 is 14.3 Å². The first-order chi connectivity index (χ1) is 13.5. The quantitative estimate of drug-likeness (QED) is 0.575. The molecule has 0 aliphatic heterocycles. The van der Waals surface area contributed by atoms with Crippen LogP contribution in [-0.2, 0) is 0 Å². The summed E-state index contributed by atoms with van der Waals surface area (Å²) in [5.41, 5.74) is 1.39. The Labute approximate surface area is 169 Å². The number of aromatic nitrogens is 1. The van der Waals surface area contributed by atoms with Crippen molar-refractivity contribution in [3.63, 3.8) is 0 Å². The van der Waals surface area contributed by atoms with Crippen molar-refractivity contribution in [1.82, 2.24) is 9.88 Å². The number of fused-ring (bicyclic) bond motifs is 1. The van der Waals surface area contributed by atoms with Gasteiger partial charge in [-0.1, -0.05) is 17.4 Å². The molecular formula is C21H25N3O3S. The highest BCUT2D eigenvalue weighted by Gasteiger charge is 2.22. The van der Waals surface area contributed by atoms with E-state index >= 15 is 0 Å². The number of amides is 1. The molecule has 7 heteroatoms. The van der Waals surface area contributed by atoms with Crippen molar-refractivity contribution in [2.45, 2.75) is 6.92 Å². The number of nitrogens with zero attached hydrogens (tertiary/aromatic N) is 3. The average molecular weight is 400 g/mol. The molecule has 1 aromatic heterocycles. The molecule has 148 valence electrons. The number of anilines is 1. The number of para-hydroxylation sites is 1. The van der Waals surface area contributed by atoms with Crippen molar-refractivity contribution in [3.8, 4) is 11.5 Å². The summed E-state index contributed by atoms with van der Waals surface area (Å²) >= 11 is 1.50. The largest absolute Gasteiger partial charge is 0.497 e. The molecule has 2 aromatic carbocycles. The fourth-order valence-corrected chi connectivity index (χ4v) is 3.78. The maximum atomic E-state index is 13.2. The molecule has 0 N–H and O–H groups in total. The normalized spacial score (nSPS) is 11.0. The third-order valence-electron chi connectivity index (χ3n) is 4.25. The van der Waals surface area contributed by atoms with E-state index in [9.17, 15) is 4.79 Å². The molecule has 0 radical (unpaired) electrons. The monoisotopic (exact) mass is 399 g/mol. The number of likely N-dealkylation sites (N-methyl/N-ethyl adjacent to an activating group) is 1. The Morgan fingerprint density at radius 2 is 1.86 bits per heavy atom. The van der Waals surface area contributed by atoms with Crippen LogP contribution in [0.2, 0.25) is 0 Å². The first kappa shape index (κ1) is 20.1. The van der Waals surface area contributed by atoms with Gasteiger partial charge in [0, 0.05) is 18.7 Å². The fourth-order valence-electron chi connectivity index (χ4n) is 2.77. The number of hydrogen-bond donors (Lipinski definition) is 0. The SMILES string of the molecule is CCOc1cccc2sc(N(CCN(C)C)C(=O)c3ccc(OC)cc3)nc12. The van der Waals surface area contributed by atoms with Gasteiger partial charge in [-0.25, -0.2) is 4.98 Å². The lowest BCUT2D eigenvalue weighted by atomic mass is 10.2. The number of benzene rings is 2. The van der Waals surface area contributed by atoms with Crippen LogP contribution < -0.4 is 14.4 Å². The van der Waals surface area contributed by atoms with Crippen molar-refractivity contribution in [2.24, 2.45) is 0 Å². The van der Waals surface area contributed by atoms with Crippen LogP contribution in [0, 0.1) is 0 Å². The maximum absolute atomic E-state index is 13.2. The van der Waals surface area contributed by atoms with Gasteiger partial charge in [-0.15, -0.1) is 0 Å². The Hall–Kier alpha value is -2.64. The van der Waals surface area contributed by atoms with Gasteiger partial charge in [0.15, 0.2) is 5.13 Å². The molecule has 3 aromatic rings. The second kappa shape index (κ2) is 9.03. The predicted molar refractivity (Wildman–Crippen MR) is 114 cm³/mol. The van der Waals surface area contributed by atoms with Gasteiger partial charge in [0.1, 0.15) is 17.0 Å². The molecule has 0 fully saturated rings.